The van der Waals surface area contributed by atoms with Crippen LogP contribution in [0.5, 0.6) is 0 Å². The summed E-state index contributed by atoms with van der Waals surface area (Å²) in [4.78, 5) is 24.8. The van der Waals surface area contributed by atoms with E-state index in [1.807, 2.05) is 24.0 Å². The number of hydrazone groups is 1. The van der Waals surface area contributed by atoms with E-state index in [0.29, 0.717) is 0 Å². The minimum absolute atomic E-state index is 0.0318. The molecule has 1 N–H and O–H groups in total. The fourth-order valence-corrected chi connectivity index (χ4v) is 3.54. The van der Waals surface area contributed by atoms with E-state index in [2.05, 4.69) is 16.6 Å². The number of thioether (sulfide) groups is 1. The van der Waals surface area contributed by atoms with E-state index in [-0.39, 0.29) is 16.4 Å². The number of hydrogen-bond acceptors (Lipinski definition) is 4. The summed E-state index contributed by atoms with van der Waals surface area (Å²) in [6.45, 7) is 4.36. The third-order valence-corrected chi connectivity index (χ3v) is 4.69. The van der Waals surface area contributed by atoms with Crippen molar-refractivity contribution in [3.63, 3.8) is 0 Å². The Balaban J connectivity index is 1.97. The summed E-state index contributed by atoms with van der Waals surface area (Å²) in [5, 5.41) is 4.09. The van der Waals surface area contributed by atoms with Crippen LogP contribution in [0.25, 0.3) is 0 Å². The van der Waals surface area contributed by atoms with Crippen molar-refractivity contribution in [1.29, 1.82) is 0 Å². The number of aryl methyl sites for hydroxylation is 1. The van der Waals surface area contributed by atoms with E-state index < -0.39 is 0 Å². The number of benzene rings is 1. The van der Waals surface area contributed by atoms with Crippen molar-refractivity contribution in [1.82, 2.24) is 5.43 Å². The minimum Gasteiger partial charge on any atom is -0.312 e. The van der Waals surface area contributed by atoms with Crippen LogP contribution < -0.4 is 10.3 Å². The fourth-order valence-electron chi connectivity index (χ4n) is 2.82. The molecule has 2 aliphatic rings. The number of anilines is 1. The van der Waals surface area contributed by atoms with Crippen LogP contribution in [0.1, 0.15) is 31.4 Å². The van der Waals surface area contributed by atoms with E-state index in [0.717, 1.165) is 36.3 Å². The van der Waals surface area contributed by atoms with Gasteiger partial charge in [0, 0.05) is 19.2 Å². The zero-order chi connectivity index (χ0) is 15.0. The first kappa shape index (κ1) is 14.1. The molecule has 0 fully saturated rings. The van der Waals surface area contributed by atoms with Gasteiger partial charge in [-0.25, -0.2) is 5.43 Å². The standard InChI is InChI=1S/C15H17N3O2S/c1-9-14(16-17-15(20)21-9)12-5-6-13-11(8-12)4-3-7-18(13)10(2)19/h5-6,8-9H,3-4,7H2,1-2H3,(H,17,20). The molecule has 0 aromatic heterocycles. The third kappa shape index (κ3) is 2.68. The molecule has 0 bridgehead atoms. The monoisotopic (exact) mass is 303 g/mol. The van der Waals surface area contributed by atoms with Crippen LogP contribution in [-0.4, -0.2) is 28.7 Å². The second-order valence-electron chi connectivity index (χ2n) is 5.27. The summed E-state index contributed by atoms with van der Waals surface area (Å²) >= 11 is 1.24. The molecular formula is C15H17N3O2S. The quantitative estimate of drug-likeness (QED) is 0.867. The summed E-state index contributed by atoms with van der Waals surface area (Å²) < 4.78 is 0. The Bertz CT molecular complexity index is 642. The summed E-state index contributed by atoms with van der Waals surface area (Å²) in [5.41, 5.74) is 6.58. The van der Waals surface area contributed by atoms with Crippen LogP contribution in [0.4, 0.5) is 10.5 Å². The lowest BCUT2D eigenvalue weighted by Crippen LogP contribution is -2.34. The number of nitrogens with one attached hydrogen (secondary N) is 1. The van der Waals surface area contributed by atoms with Gasteiger partial charge in [-0.15, -0.1) is 0 Å². The lowest BCUT2D eigenvalue weighted by molar-refractivity contribution is -0.116. The summed E-state index contributed by atoms with van der Waals surface area (Å²) in [6, 6.07) is 6.06. The number of amides is 2. The highest BCUT2D eigenvalue weighted by Crippen LogP contribution is 2.30. The first-order chi connectivity index (χ1) is 10.1. The zero-order valence-electron chi connectivity index (χ0n) is 12.0. The lowest BCUT2D eigenvalue weighted by Gasteiger charge is -2.29. The molecule has 1 unspecified atom stereocenters. The molecule has 1 atom stereocenters. The van der Waals surface area contributed by atoms with Crippen molar-refractivity contribution in [2.24, 2.45) is 5.10 Å². The number of fused-ring (bicyclic) bond motifs is 1. The van der Waals surface area contributed by atoms with E-state index in [1.165, 1.54) is 17.3 Å². The highest BCUT2D eigenvalue weighted by molar-refractivity contribution is 8.14. The van der Waals surface area contributed by atoms with E-state index in [4.69, 9.17) is 0 Å². The molecule has 2 aliphatic heterocycles. The third-order valence-electron chi connectivity index (χ3n) is 3.81. The highest BCUT2D eigenvalue weighted by atomic mass is 32.2. The van der Waals surface area contributed by atoms with Gasteiger partial charge in [0.2, 0.25) is 5.91 Å². The predicted molar refractivity (Wildman–Crippen MR) is 84.9 cm³/mol. The van der Waals surface area contributed by atoms with Crippen molar-refractivity contribution in [3.05, 3.63) is 29.3 Å². The topological polar surface area (TPSA) is 61.8 Å². The van der Waals surface area contributed by atoms with E-state index in [9.17, 15) is 9.59 Å². The van der Waals surface area contributed by atoms with Crippen LogP contribution >= 0.6 is 11.8 Å². The van der Waals surface area contributed by atoms with Gasteiger partial charge in [-0.2, -0.15) is 5.10 Å². The zero-order valence-corrected chi connectivity index (χ0v) is 12.9. The largest absolute Gasteiger partial charge is 0.312 e. The molecule has 1 aromatic rings. The average Bonchev–Trinajstić information content (AvgIpc) is 2.46. The van der Waals surface area contributed by atoms with Crippen molar-refractivity contribution in [2.45, 2.75) is 31.9 Å². The number of carbonyl (C=O) groups excluding carboxylic acids is 2. The second kappa shape index (κ2) is 5.52. The minimum atomic E-state index is -0.119. The van der Waals surface area contributed by atoms with Gasteiger partial charge in [-0.1, -0.05) is 17.8 Å². The van der Waals surface area contributed by atoms with Gasteiger partial charge in [0.1, 0.15) is 0 Å². The van der Waals surface area contributed by atoms with Crippen LogP contribution in [0.2, 0.25) is 0 Å². The van der Waals surface area contributed by atoms with Gasteiger partial charge in [-0.05, 0) is 43.0 Å². The van der Waals surface area contributed by atoms with Gasteiger partial charge in [0.05, 0.1) is 11.0 Å². The molecule has 2 heterocycles. The van der Waals surface area contributed by atoms with Crippen molar-refractivity contribution in [2.75, 3.05) is 11.4 Å². The molecule has 2 amide bonds. The Morgan fingerprint density at radius 3 is 3.00 bits per heavy atom. The number of nitrogens with zero attached hydrogens (tertiary/aromatic N) is 2. The van der Waals surface area contributed by atoms with E-state index in [1.54, 1.807) is 6.92 Å². The van der Waals surface area contributed by atoms with Crippen LogP contribution in [0.15, 0.2) is 23.3 Å². The molecule has 21 heavy (non-hydrogen) atoms. The maximum atomic E-state index is 11.7. The molecule has 6 heteroatoms. The first-order valence-electron chi connectivity index (χ1n) is 7.02. The maximum Gasteiger partial charge on any atom is 0.299 e. The Kier molecular flexibility index (Phi) is 3.71. The van der Waals surface area contributed by atoms with Crippen molar-refractivity contribution >= 4 is 34.3 Å². The van der Waals surface area contributed by atoms with Gasteiger partial charge in [0.25, 0.3) is 5.24 Å². The fraction of sp³-hybridized carbons (Fsp3) is 0.400. The molecular weight excluding hydrogens is 286 g/mol. The lowest BCUT2D eigenvalue weighted by atomic mass is 9.96. The molecule has 0 saturated heterocycles. The van der Waals surface area contributed by atoms with Gasteiger partial charge in [0.15, 0.2) is 0 Å². The molecule has 5 nitrogen and oxygen atoms in total. The molecule has 110 valence electrons. The summed E-state index contributed by atoms with van der Waals surface area (Å²) in [7, 11) is 0. The van der Waals surface area contributed by atoms with Gasteiger partial charge >= 0.3 is 0 Å². The Morgan fingerprint density at radius 2 is 2.29 bits per heavy atom. The second-order valence-corrected chi connectivity index (χ2v) is 6.59. The molecule has 3 rings (SSSR count). The molecule has 0 radical (unpaired) electrons. The Hall–Kier alpha value is -1.82. The number of rotatable bonds is 1. The Labute approximate surface area is 127 Å². The first-order valence-corrected chi connectivity index (χ1v) is 7.90. The SMILES string of the molecule is CC(=O)N1CCCc2cc(C3=NNC(=O)SC3C)ccc21. The van der Waals surface area contributed by atoms with Crippen molar-refractivity contribution < 1.29 is 9.59 Å². The number of hydrogen-bond donors (Lipinski definition) is 1. The molecule has 0 spiro atoms. The summed E-state index contributed by atoms with van der Waals surface area (Å²) in [5.74, 6) is 0.0786. The van der Waals surface area contributed by atoms with Gasteiger partial charge in [-0.3, -0.25) is 9.59 Å². The van der Waals surface area contributed by atoms with Crippen LogP contribution in [0.3, 0.4) is 0 Å². The smallest absolute Gasteiger partial charge is 0.299 e. The molecule has 0 saturated carbocycles. The van der Waals surface area contributed by atoms with Crippen molar-refractivity contribution in [3.8, 4) is 0 Å². The Morgan fingerprint density at radius 1 is 1.48 bits per heavy atom. The van der Waals surface area contributed by atoms with E-state index >= 15 is 0 Å². The number of carbonyl (C=O) groups is 2. The van der Waals surface area contributed by atoms with Gasteiger partial charge < -0.3 is 4.90 Å². The van der Waals surface area contributed by atoms with Crippen LogP contribution in [-0.2, 0) is 11.2 Å². The normalized spacial score (nSPS) is 21.4. The summed E-state index contributed by atoms with van der Waals surface area (Å²) in [6.07, 6.45) is 1.94. The molecule has 0 aliphatic carbocycles. The predicted octanol–water partition coefficient (Wildman–Crippen LogP) is 2.53. The molecule has 1 aromatic carbocycles. The average molecular weight is 303 g/mol. The van der Waals surface area contributed by atoms with Crippen LogP contribution in [0, 0.1) is 0 Å². The highest BCUT2D eigenvalue weighted by Gasteiger charge is 2.25. The maximum absolute atomic E-state index is 11.7.